The molecule has 1 aliphatic heterocycles. The van der Waals surface area contributed by atoms with E-state index in [2.05, 4.69) is 25.2 Å². The highest BCUT2D eigenvalue weighted by Crippen LogP contribution is 2.14. The molecule has 8 heteroatoms. The lowest BCUT2D eigenvalue weighted by molar-refractivity contribution is 0.144. The molecule has 3 heterocycles. The van der Waals surface area contributed by atoms with E-state index in [4.69, 9.17) is 9.47 Å². The van der Waals surface area contributed by atoms with E-state index < -0.39 is 0 Å². The van der Waals surface area contributed by atoms with Crippen molar-refractivity contribution < 1.29 is 14.3 Å². The fourth-order valence-corrected chi connectivity index (χ4v) is 2.67. The van der Waals surface area contributed by atoms with Crippen molar-refractivity contribution in [2.24, 2.45) is 0 Å². The van der Waals surface area contributed by atoms with Crippen LogP contribution in [0.15, 0.2) is 24.5 Å². The van der Waals surface area contributed by atoms with Crippen molar-refractivity contribution in [3.63, 3.8) is 0 Å². The zero-order chi connectivity index (χ0) is 17.5. The van der Waals surface area contributed by atoms with Crippen molar-refractivity contribution in [3.05, 3.63) is 36.0 Å². The quantitative estimate of drug-likeness (QED) is 0.749. The maximum atomic E-state index is 12.0. The summed E-state index contributed by atoms with van der Waals surface area (Å²) in [5.41, 5.74) is 1.48. The topological polar surface area (TPSA) is 90.3 Å². The second-order valence-electron chi connectivity index (χ2n) is 5.83. The Balaban J connectivity index is 1.45. The molecule has 3 rings (SSSR count). The number of aromatic nitrogens is 3. The fraction of sp³-hybridized carbons (Fsp3) is 0.471. The third kappa shape index (κ3) is 4.93. The Hall–Kier alpha value is -2.61. The lowest BCUT2D eigenvalue weighted by atomic mass is 10.2. The highest BCUT2D eigenvalue weighted by molar-refractivity contribution is 5.88. The van der Waals surface area contributed by atoms with Crippen LogP contribution in [0.1, 0.15) is 24.4 Å². The monoisotopic (exact) mass is 345 g/mol. The van der Waals surface area contributed by atoms with Crippen LogP contribution < -0.4 is 15.4 Å². The predicted octanol–water partition coefficient (Wildman–Crippen LogP) is 1.96. The van der Waals surface area contributed by atoms with Crippen LogP contribution in [0.2, 0.25) is 0 Å². The van der Waals surface area contributed by atoms with Crippen molar-refractivity contribution in [2.75, 3.05) is 25.6 Å². The number of amides is 2. The molecule has 0 radical (unpaired) electrons. The average molecular weight is 345 g/mol. The van der Waals surface area contributed by atoms with Crippen molar-refractivity contribution in [1.82, 2.24) is 19.9 Å². The van der Waals surface area contributed by atoms with E-state index in [0.717, 1.165) is 24.5 Å². The van der Waals surface area contributed by atoms with Gasteiger partial charge in [-0.1, -0.05) is 0 Å². The zero-order valence-electron chi connectivity index (χ0n) is 14.3. The Morgan fingerprint density at radius 3 is 3.00 bits per heavy atom. The summed E-state index contributed by atoms with van der Waals surface area (Å²) >= 11 is 0. The maximum Gasteiger partial charge on any atom is 0.319 e. The first-order chi connectivity index (χ1) is 12.2. The number of anilines is 1. The van der Waals surface area contributed by atoms with Gasteiger partial charge in [0.05, 0.1) is 30.7 Å². The van der Waals surface area contributed by atoms with Gasteiger partial charge in [-0.25, -0.2) is 14.8 Å². The number of ether oxygens (including phenoxy) is 2. The first kappa shape index (κ1) is 17.2. The molecule has 0 aromatic carbocycles. The normalized spacial score (nSPS) is 13.2. The van der Waals surface area contributed by atoms with Crippen molar-refractivity contribution in [2.45, 2.75) is 32.4 Å². The smallest absolute Gasteiger partial charge is 0.319 e. The fourth-order valence-electron chi connectivity index (χ4n) is 2.67. The van der Waals surface area contributed by atoms with Crippen LogP contribution in [0.3, 0.4) is 0 Å². The van der Waals surface area contributed by atoms with E-state index in [9.17, 15) is 4.79 Å². The highest BCUT2D eigenvalue weighted by Gasteiger charge is 2.12. The molecular weight excluding hydrogens is 322 g/mol. The zero-order valence-corrected chi connectivity index (χ0v) is 14.3. The molecule has 1 aliphatic rings. The minimum atomic E-state index is -0.291. The van der Waals surface area contributed by atoms with Gasteiger partial charge in [-0.05, 0) is 18.9 Å². The molecule has 0 unspecified atom stereocenters. The Bertz CT molecular complexity index is 675. The molecule has 0 saturated carbocycles. The standard InChI is InChI=1S/C17H23N5O3/c1-24-8-9-25-16-6-5-13(10-18-16)21-17(23)19-11-14-12-22-7-3-2-4-15(22)20-14/h5-6,10,12H,2-4,7-9,11H2,1H3,(H2,19,21,23). The molecule has 2 amide bonds. The van der Waals surface area contributed by atoms with Crippen LogP contribution in [-0.2, 0) is 24.2 Å². The summed E-state index contributed by atoms with van der Waals surface area (Å²) in [6.45, 7) is 2.35. The summed E-state index contributed by atoms with van der Waals surface area (Å²) in [4.78, 5) is 20.7. The van der Waals surface area contributed by atoms with Crippen LogP contribution in [0, 0.1) is 0 Å². The Kier molecular flexibility index (Phi) is 5.84. The van der Waals surface area contributed by atoms with Gasteiger partial charge in [-0.3, -0.25) is 0 Å². The van der Waals surface area contributed by atoms with E-state index in [0.29, 0.717) is 31.3 Å². The average Bonchev–Trinajstić information content (AvgIpc) is 3.05. The third-order valence-corrected chi connectivity index (χ3v) is 3.92. The number of nitrogens with zero attached hydrogens (tertiary/aromatic N) is 3. The van der Waals surface area contributed by atoms with Crippen LogP contribution in [0.4, 0.5) is 10.5 Å². The van der Waals surface area contributed by atoms with Gasteiger partial charge in [0.2, 0.25) is 5.88 Å². The second kappa shape index (κ2) is 8.48. The largest absolute Gasteiger partial charge is 0.475 e. The van der Waals surface area contributed by atoms with Gasteiger partial charge >= 0.3 is 6.03 Å². The molecule has 0 aliphatic carbocycles. The van der Waals surface area contributed by atoms with Crippen LogP contribution in [0.25, 0.3) is 0 Å². The number of urea groups is 1. The van der Waals surface area contributed by atoms with Crippen molar-refractivity contribution in [1.29, 1.82) is 0 Å². The number of carbonyl (C=O) groups is 1. The molecule has 2 aromatic rings. The van der Waals surface area contributed by atoms with Gasteiger partial charge in [0, 0.05) is 32.3 Å². The Morgan fingerprint density at radius 1 is 1.32 bits per heavy atom. The molecule has 134 valence electrons. The number of rotatable bonds is 7. The molecular formula is C17H23N5O3. The van der Waals surface area contributed by atoms with Gasteiger partial charge in [-0.15, -0.1) is 0 Å². The van der Waals surface area contributed by atoms with Crippen molar-refractivity contribution >= 4 is 11.7 Å². The summed E-state index contributed by atoms with van der Waals surface area (Å²) in [7, 11) is 1.61. The minimum Gasteiger partial charge on any atom is -0.475 e. The number of nitrogens with one attached hydrogen (secondary N) is 2. The number of carbonyl (C=O) groups excluding carboxylic acids is 1. The van der Waals surface area contributed by atoms with E-state index in [-0.39, 0.29) is 6.03 Å². The van der Waals surface area contributed by atoms with Gasteiger partial charge in [0.1, 0.15) is 12.4 Å². The van der Waals surface area contributed by atoms with Gasteiger partial charge in [0.15, 0.2) is 0 Å². The lowest BCUT2D eigenvalue weighted by Crippen LogP contribution is -2.28. The van der Waals surface area contributed by atoms with Gasteiger partial charge in [0.25, 0.3) is 0 Å². The Labute approximate surface area is 146 Å². The number of fused-ring (bicyclic) bond motifs is 1. The number of hydrogen-bond donors (Lipinski definition) is 2. The Morgan fingerprint density at radius 2 is 2.24 bits per heavy atom. The molecule has 0 bridgehead atoms. The molecule has 2 aromatic heterocycles. The van der Waals surface area contributed by atoms with Crippen molar-refractivity contribution in [3.8, 4) is 5.88 Å². The molecule has 8 nitrogen and oxygen atoms in total. The minimum absolute atomic E-state index is 0.291. The number of aryl methyl sites for hydroxylation is 2. The molecule has 0 fully saturated rings. The van der Waals surface area contributed by atoms with E-state index >= 15 is 0 Å². The lowest BCUT2D eigenvalue weighted by Gasteiger charge is -2.11. The molecule has 0 atom stereocenters. The van der Waals surface area contributed by atoms with Crippen LogP contribution in [0.5, 0.6) is 5.88 Å². The summed E-state index contributed by atoms with van der Waals surface area (Å²) in [5.74, 6) is 1.60. The van der Waals surface area contributed by atoms with E-state index in [1.165, 1.54) is 12.8 Å². The first-order valence-electron chi connectivity index (χ1n) is 8.42. The molecule has 2 N–H and O–H groups in total. The summed E-state index contributed by atoms with van der Waals surface area (Å²) in [6.07, 6.45) is 6.95. The summed E-state index contributed by atoms with van der Waals surface area (Å²) in [5, 5.41) is 5.55. The van der Waals surface area contributed by atoms with Gasteiger partial charge < -0.3 is 24.7 Å². The maximum absolute atomic E-state index is 12.0. The van der Waals surface area contributed by atoms with Crippen LogP contribution >= 0.6 is 0 Å². The molecule has 0 saturated heterocycles. The first-order valence-corrected chi connectivity index (χ1v) is 8.42. The number of hydrogen-bond acceptors (Lipinski definition) is 5. The highest BCUT2D eigenvalue weighted by atomic mass is 16.5. The SMILES string of the molecule is COCCOc1ccc(NC(=O)NCc2cn3c(n2)CCCC3)cn1. The van der Waals surface area contributed by atoms with Gasteiger partial charge in [-0.2, -0.15) is 0 Å². The predicted molar refractivity (Wildman–Crippen MR) is 92.6 cm³/mol. The van der Waals surface area contributed by atoms with Crippen LogP contribution in [-0.4, -0.2) is 40.9 Å². The second-order valence-corrected chi connectivity index (χ2v) is 5.83. The van der Waals surface area contributed by atoms with E-state index in [1.54, 1.807) is 25.4 Å². The number of imidazole rings is 1. The summed E-state index contributed by atoms with van der Waals surface area (Å²) in [6, 6.07) is 3.15. The number of methoxy groups -OCH3 is 1. The molecule has 0 spiro atoms. The van der Waals surface area contributed by atoms with E-state index in [1.807, 2.05) is 6.20 Å². The molecule has 25 heavy (non-hydrogen) atoms. The number of pyridine rings is 1. The third-order valence-electron chi connectivity index (χ3n) is 3.92. The summed E-state index contributed by atoms with van der Waals surface area (Å²) < 4.78 is 12.5.